The quantitative estimate of drug-likeness (QED) is 0.104. The number of carbonyl (C=O) groups excluding carboxylic acids is 3. The molecule has 49 heavy (non-hydrogen) atoms. The average Bonchev–Trinajstić information content (AvgIpc) is 3.06. The second-order valence-electron chi connectivity index (χ2n) is 14.2. The van der Waals surface area contributed by atoms with Crippen LogP contribution in [0.3, 0.4) is 0 Å². The van der Waals surface area contributed by atoms with E-state index in [-0.39, 0.29) is 48.6 Å². The fourth-order valence-electron chi connectivity index (χ4n) is 6.09. The zero-order valence-electron chi connectivity index (χ0n) is 31.1. The van der Waals surface area contributed by atoms with Crippen LogP contribution < -0.4 is 31.6 Å². The summed E-state index contributed by atoms with van der Waals surface area (Å²) in [5.74, 6) is -0.141. The summed E-state index contributed by atoms with van der Waals surface area (Å²) in [5.41, 5.74) is 13.6. The molecule has 0 spiro atoms. The molecule has 1 aromatic rings. The number of nitrogens with one attached hydrogen (secondary N) is 2. The fraction of sp³-hybridized carbons (Fsp3) is 0.757. The first-order chi connectivity index (χ1) is 23.3. The molecule has 1 heterocycles. The van der Waals surface area contributed by atoms with Gasteiger partial charge in [0.1, 0.15) is 12.1 Å². The molecule has 1 fully saturated rings. The Morgan fingerprint density at radius 2 is 1.63 bits per heavy atom. The van der Waals surface area contributed by atoms with E-state index in [4.69, 9.17) is 35.2 Å². The molecule has 0 aromatic heterocycles. The molecule has 0 aliphatic carbocycles. The van der Waals surface area contributed by atoms with Crippen molar-refractivity contribution in [1.82, 2.24) is 10.6 Å². The highest BCUT2D eigenvalue weighted by molar-refractivity contribution is 5.85. The Morgan fingerprint density at radius 3 is 2.20 bits per heavy atom. The van der Waals surface area contributed by atoms with E-state index in [0.29, 0.717) is 50.8 Å². The van der Waals surface area contributed by atoms with Crippen molar-refractivity contribution in [2.75, 3.05) is 47.2 Å². The van der Waals surface area contributed by atoms with Crippen LogP contribution in [-0.2, 0) is 35.0 Å². The van der Waals surface area contributed by atoms with Crippen LogP contribution in [0.15, 0.2) is 18.2 Å². The van der Waals surface area contributed by atoms with Gasteiger partial charge in [-0.3, -0.25) is 9.59 Å². The van der Waals surface area contributed by atoms with Gasteiger partial charge in [-0.05, 0) is 73.5 Å². The lowest BCUT2D eigenvalue weighted by molar-refractivity contribution is -0.157. The standard InChI is InChI=1S/C37H64N4O8/c1-23(2)27(18-26-10-11-31(46-8)33(19-26)48-15-9-14-45-7)20-30(39)32(49-37(44)35(25(5)6)41-34(42)22-38)21-29(24(3)4)36(43)40-28-12-16-47-17-13-28/h10-11,19,23-25,27-30,32,35H,9,12-18,20-22,38-39H2,1-8H3,(H,40,43)(H,41,42)/t27-,29-,30-,32-,35-/m0/s1. The van der Waals surface area contributed by atoms with Gasteiger partial charge in [0.15, 0.2) is 11.5 Å². The Hall–Kier alpha value is -2.93. The number of nitrogens with two attached hydrogens (primary N) is 2. The summed E-state index contributed by atoms with van der Waals surface area (Å²) in [6.45, 7) is 14.0. The molecule has 0 saturated carbocycles. The molecule has 280 valence electrons. The molecule has 0 bridgehead atoms. The first-order valence-electron chi connectivity index (χ1n) is 17.9. The van der Waals surface area contributed by atoms with E-state index < -0.39 is 36.0 Å². The lowest BCUT2D eigenvalue weighted by atomic mass is 9.80. The Morgan fingerprint density at radius 1 is 0.939 bits per heavy atom. The van der Waals surface area contributed by atoms with Crippen molar-refractivity contribution >= 4 is 17.8 Å². The Balaban J connectivity index is 2.34. The summed E-state index contributed by atoms with van der Waals surface area (Å²) in [6.07, 6.45) is 3.00. The normalized spacial score (nSPS) is 16.9. The number of hydrogen-bond acceptors (Lipinski definition) is 10. The number of benzene rings is 1. The van der Waals surface area contributed by atoms with Crippen molar-refractivity contribution in [2.45, 2.75) is 104 Å². The van der Waals surface area contributed by atoms with Gasteiger partial charge in [-0.25, -0.2) is 4.79 Å². The summed E-state index contributed by atoms with van der Waals surface area (Å²) < 4.78 is 28.4. The highest BCUT2D eigenvalue weighted by Gasteiger charge is 2.36. The van der Waals surface area contributed by atoms with E-state index >= 15 is 0 Å². The maximum absolute atomic E-state index is 13.7. The van der Waals surface area contributed by atoms with Gasteiger partial charge < -0.3 is 45.8 Å². The van der Waals surface area contributed by atoms with Gasteiger partial charge in [-0.2, -0.15) is 0 Å². The number of methoxy groups -OCH3 is 2. The van der Waals surface area contributed by atoms with Crippen LogP contribution in [0.25, 0.3) is 0 Å². The van der Waals surface area contributed by atoms with Gasteiger partial charge >= 0.3 is 5.97 Å². The molecule has 12 heteroatoms. The summed E-state index contributed by atoms with van der Waals surface area (Å²) in [6, 6.07) is 4.51. The number of hydrogen-bond donors (Lipinski definition) is 4. The third kappa shape index (κ3) is 14.4. The van der Waals surface area contributed by atoms with E-state index in [9.17, 15) is 14.4 Å². The van der Waals surface area contributed by atoms with Crippen molar-refractivity contribution in [1.29, 1.82) is 0 Å². The zero-order valence-corrected chi connectivity index (χ0v) is 31.1. The van der Waals surface area contributed by atoms with Gasteiger partial charge in [-0.15, -0.1) is 0 Å². The van der Waals surface area contributed by atoms with Crippen LogP contribution in [0, 0.1) is 29.6 Å². The molecule has 6 N–H and O–H groups in total. The van der Waals surface area contributed by atoms with Gasteiger partial charge in [0.25, 0.3) is 0 Å². The molecular formula is C37H64N4O8. The zero-order chi connectivity index (χ0) is 36.5. The lowest BCUT2D eigenvalue weighted by Crippen LogP contribution is -2.51. The largest absolute Gasteiger partial charge is 0.493 e. The number of ether oxygens (including phenoxy) is 5. The third-order valence-electron chi connectivity index (χ3n) is 9.36. The summed E-state index contributed by atoms with van der Waals surface area (Å²) in [7, 11) is 3.28. The highest BCUT2D eigenvalue weighted by Crippen LogP contribution is 2.32. The maximum atomic E-state index is 13.7. The molecule has 1 aliphatic heterocycles. The molecule has 2 rings (SSSR count). The topological polar surface area (TPSA) is 173 Å². The van der Waals surface area contributed by atoms with Crippen LogP contribution in [-0.4, -0.2) is 89.2 Å². The van der Waals surface area contributed by atoms with E-state index in [1.54, 1.807) is 14.2 Å². The van der Waals surface area contributed by atoms with Gasteiger partial charge in [-0.1, -0.05) is 47.6 Å². The second kappa shape index (κ2) is 22.0. The van der Waals surface area contributed by atoms with Crippen LogP contribution in [0.5, 0.6) is 11.5 Å². The smallest absolute Gasteiger partial charge is 0.329 e. The predicted octanol–water partition coefficient (Wildman–Crippen LogP) is 3.61. The summed E-state index contributed by atoms with van der Waals surface area (Å²) in [5, 5.41) is 5.89. The second-order valence-corrected chi connectivity index (χ2v) is 14.2. The van der Waals surface area contributed by atoms with Gasteiger partial charge in [0, 0.05) is 51.4 Å². The van der Waals surface area contributed by atoms with E-state index in [2.05, 4.69) is 24.5 Å². The third-order valence-corrected chi connectivity index (χ3v) is 9.36. The summed E-state index contributed by atoms with van der Waals surface area (Å²) >= 11 is 0. The van der Waals surface area contributed by atoms with Crippen molar-refractivity contribution in [3.63, 3.8) is 0 Å². The molecule has 1 saturated heterocycles. The molecule has 12 nitrogen and oxygen atoms in total. The molecule has 2 amide bonds. The van der Waals surface area contributed by atoms with E-state index in [1.807, 2.05) is 45.9 Å². The molecule has 1 aromatic carbocycles. The highest BCUT2D eigenvalue weighted by atomic mass is 16.5. The predicted molar refractivity (Wildman–Crippen MR) is 190 cm³/mol. The minimum absolute atomic E-state index is 0.0337. The first-order valence-corrected chi connectivity index (χ1v) is 17.9. The minimum atomic E-state index is -0.901. The fourth-order valence-corrected chi connectivity index (χ4v) is 6.09. The lowest BCUT2D eigenvalue weighted by Gasteiger charge is -2.34. The SMILES string of the molecule is COCCCOc1cc(C[C@@H](C[C@H](N)[C@H](C[C@H](C(=O)NC2CCOCC2)C(C)C)OC(=O)[C@@H](NC(=O)CN)C(C)C)C(C)C)ccc1OC. The molecular weight excluding hydrogens is 628 g/mol. The van der Waals surface area contributed by atoms with Crippen molar-refractivity contribution in [3.05, 3.63) is 23.8 Å². The van der Waals surface area contributed by atoms with Crippen LogP contribution in [0.2, 0.25) is 0 Å². The van der Waals surface area contributed by atoms with Crippen LogP contribution in [0.4, 0.5) is 0 Å². The number of rotatable bonds is 22. The number of carbonyl (C=O) groups is 3. The van der Waals surface area contributed by atoms with Crippen LogP contribution >= 0.6 is 0 Å². The Kier molecular flexibility index (Phi) is 19.0. The van der Waals surface area contributed by atoms with Gasteiger partial charge in [0.05, 0.1) is 20.3 Å². The average molecular weight is 693 g/mol. The van der Waals surface area contributed by atoms with E-state index in [0.717, 1.165) is 24.8 Å². The van der Waals surface area contributed by atoms with E-state index in [1.165, 1.54) is 0 Å². The molecule has 5 atom stereocenters. The molecule has 0 radical (unpaired) electrons. The minimum Gasteiger partial charge on any atom is -0.493 e. The number of esters is 1. The monoisotopic (exact) mass is 692 g/mol. The van der Waals surface area contributed by atoms with Crippen molar-refractivity contribution in [2.24, 2.45) is 41.1 Å². The molecule has 0 unspecified atom stereocenters. The molecule has 1 aliphatic rings. The number of amides is 2. The Bertz CT molecular complexity index is 1140. The van der Waals surface area contributed by atoms with Gasteiger partial charge in [0.2, 0.25) is 11.8 Å². The first kappa shape index (κ1) is 42.2. The Labute approximate surface area is 294 Å². The van der Waals surface area contributed by atoms with Crippen LogP contribution in [0.1, 0.15) is 79.2 Å². The maximum Gasteiger partial charge on any atom is 0.329 e. The van der Waals surface area contributed by atoms with Crippen molar-refractivity contribution in [3.8, 4) is 11.5 Å². The summed E-state index contributed by atoms with van der Waals surface area (Å²) in [4.78, 5) is 39.5. The van der Waals surface area contributed by atoms with Crippen molar-refractivity contribution < 1.29 is 38.1 Å².